The molecule has 7 nitrogen and oxygen atoms in total. The highest BCUT2D eigenvalue weighted by atomic mass is 79.9. The van der Waals surface area contributed by atoms with Crippen LogP contribution in [0.25, 0.3) is 10.2 Å². The summed E-state index contributed by atoms with van der Waals surface area (Å²) in [4.78, 5) is 17.0. The van der Waals surface area contributed by atoms with Crippen LogP contribution in [0, 0.1) is 6.92 Å². The van der Waals surface area contributed by atoms with Gasteiger partial charge in [-0.25, -0.2) is 22.2 Å². The highest BCUT2D eigenvalue weighted by Crippen LogP contribution is 2.32. The van der Waals surface area contributed by atoms with E-state index >= 15 is 0 Å². The third-order valence-electron chi connectivity index (χ3n) is 4.07. The number of halogens is 3. The summed E-state index contributed by atoms with van der Waals surface area (Å²) in [5.74, 6) is -0.485. The van der Waals surface area contributed by atoms with E-state index in [-0.39, 0.29) is 14.5 Å². The van der Waals surface area contributed by atoms with Crippen molar-refractivity contribution in [3.63, 3.8) is 0 Å². The fourth-order valence-corrected chi connectivity index (χ4v) is 4.61. The Balaban J connectivity index is 1.85. The van der Waals surface area contributed by atoms with E-state index in [0.29, 0.717) is 15.9 Å². The molecule has 1 aromatic carbocycles. The van der Waals surface area contributed by atoms with Crippen LogP contribution in [-0.2, 0) is 14.6 Å². The molecule has 1 amide bonds. The molecule has 0 bridgehead atoms. The van der Waals surface area contributed by atoms with Gasteiger partial charge < -0.3 is 5.32 Å². The summed E-state index contributed by atoms with van der Waals surface area (Å²) in [6.07, 6.45) is -1.66. The molecule has 0 aliphatic rings. The largest absolute Gasteiger partial charge is 0.300 e. The average Bonchev–Trinajstić information content (AvgIpc) is 3.13. The molecule has 3 rings (SSSR count). The van der Waals surface area contributed by atoms with Crippen molar-refractivity contribution in [2.24, 2.45) is 0 Å². The number of sulfone groups is 1. The lowest BCUT2D eigenvalue weighted by Gasteiger charge is -2.13. The number of alkyl halides is 2. The minimum atomic E-state index is -3.36. The number of carbonyl (C=O) groups is 1. The van der Waals surface area contributed by atoms with Crippen molar-refractivity contribution in [2.45, 2.75) is 31.2 Å². The maximum atomic E-state index is 13.0. The van der Waals surface area contributed by atoms with Gasteiger partial charge >= 0.3 is 0 Å². The van der Waals surface area contributed by atoms with Gasteiger partial charge in [0.2, 0.25) is 0 Å². The first kappa shape index (κ1) is 20.8. The van der Waals surface area contributed by atoms with Crippen molar-refractivity contribution in [3.05, 3.63) is 34.1 Å². The molecule has 3 aromatic rings. The van der Waals surface area contributed by atoms with E-state index in [9.17, 15) is 22.0 Å². The van der Waals surface area contributed by atoms with Crippen LogP contribution in [0.3, 0.4) is 0 Å². The van der Waals surface area contributed by atoms with Crippen LogP contribution in [0.4, 0.5) is 13.9 Å². The summed E-state index contributed by atoms with van der Waals surface area (Å²) < 4.78 is 51.3. The quantitative estimate of drug-likeness (QED) is 0.578. The Morgan fingerprint density at radius 2 is 2.04 bits per heavy atom. The Labute approximate surface area is 171 Å². The molecule has 0 aliphatic carbocycles. The fourth-order valence-electron chi connectivity index (χ4n) is 2.55. The topological polar surface area (TPSA) is 93.9 Å². The second-order valence-electron chi connectivity index (χ2n) is 6.12. The minimum absolute atomic E-state index is 0.159. The van der Waals surface area contributed by atoms with E-state index < -0.39 is 33.9 Å². The summed E-state index contributed by atoms with van der Waals surface area (Å²) in [5.41, 5.74) is 0.517. The zero-order chi connectivity index (χ0) is 20.8. The fraction of sp³-hybridized carbons (Fsp3) is 0.312. The molecule has 0 unspecified atom stereocenters. The molecular weight excluding hydrogens is 478 g/mol. The van der Waals surface area contributed by atoms with Gasteiger partial charge in [0, 0.05) is 6.26 Å². The standard InChI is InChI=1S/C16H15BrF2N4O3S2/c1-7-12(17)13(14(18)19)22-23(7)8(2)15(24)21-16-20-10-5-4-9(28(3,25)26)6-11(10)27-16/h4-6,8,14H,1-3H3,(H,20,21,24)/t8-/m1/s1. The lowest BCUT2D eigenvalue weighted by molar-refractivity contribution is -0.119. The van der Waals surface area contributed by atoms with Crippen LogP contribution >= 0.6 is 27.3 Å². The normalized spacial score (nSPS) is 13.2. The van der Waals surface area contributed by atoms with Crippen LogP contribution < -0.4 is 5.32 Å². The third-order valence-corrected chi connectivity index (χ3v) is 7.10. The molecule has 0 spiro atoms. The number of benzene rings is 1. The van der Waals surface area contributed by atoms with Crippen LogP contribution in [0.2, 0.25) is 0 Å². The number of rotatable bonds is 5. The van der Waals surface area contributed by atoms with Crippen molar-refractivity contribution in [3.8, 4) is 0 Å². The predicted molar refractivity (Wildman–Crippen MR) is 106 cm³/mol. The summed E-state index contributed by atoms with van der Waals surface area (Å²) in [6, 6.07) is 3.64. The Morgan fingerprint density at radius 1 is 1.36 bits per heavy atom. The smallest absolute Gasteiger partial charge is 0.283 e. The monoisotopic (exact) mass is 492 g/mol. The molecule has 1 N–H and O–H groups in total. The number of nitrogens with one attached hydrogen (secondary N) is 1. The van der Waals surface area contributed by atoms with E-state index in [1.807, 2.05) is 0 Å². The zero-order valence-corrected chi connectivity index (χ0v) is 18.1. The van der Waals surface area contributed by atoms with Crippen molar-refractivity contribution < 1.29 is 22.0 Å². The maximum absolute atomic E-state index is 13.0. The number of fused-ring (bicyclic) bond motifs is 1. The zero-order valence-electron chi connectivity index (χ0n) is 14.9. The molecule has 0 saturated carbocycles. The molecule has 1 atom stereocenters. The first-order valence-electron chi connectivity index (χ1n) is 7.93. The van der Waals surface area contributed by atoms with E-state index in [1.165, 1.54) is 23.7 Å². The lowest BCUT2D eigenvalue weighted by atomic mass is 10.3. The molecule has 0 fully saturated rings. The van der Waals surface area contributed by atoms with Gasteiger partial charge in [-0.1, -0.05) is 11.3 Å². The summed E-state index contributed by atoms with van der Waals surface area (Å²) in [6.45, 7) is 3.11. The van der Waals surface area contributed by atoms with Gasteiger partial charge in [0.15, 0.2) is 15.0 Å². The number of nitrogens with zero attached hydrogens (tertiary/aromatic N) is 3. The number of carbonyl (C=O) groups excluding carboxylic acids is 1. The van der Waals surface area contributed by atoms with Gasteiger partial charge in [-0.2, -0.15) is 5.10 Å². The van der Waals surface area contributed by atoms with Crippen molar-refractivity contribution in [1.29, 1.82) is 0 Å². The summed E-state index contributed by atoms with van der Waals surface area (Å²) in [7, 11) is -3.36. The Bertz CT molecular complexity index is 1170. The van der Waals surface area contributed by atoms with E-state index in [2.05, 4.69) is 31.3 Å². The molecule has 150 valence electrons. The van der Waals surface area contributed by atoms with Gasteiger partial charge in [0.25, 0.3) is 12.3 Å². The predicted octanol–water partition coefficient (Wildman–Crippen LogP) is 4.10. The Morgan fingerprint density at radius 3 is 2.61 bits per heavy atom. The van der Waals surface area contributed by atoms with Gasteiger partial charge in [-0.15, -0.1) is 0 Å². The molecule has 0 radical (unpaired) electrons. The molecule has 0 saturated heterocycles. The molecule has 2 aromatic heterocycles. The molecular formula is C16H15BrF2N4O3S2. The van der Waals surface area contributed by atoms with Crippen molar-refractivity contribution in [2.75, 3.05) is 11.6 Å². The highest BCUT2D eigenvalue weighted by Gasteiger charge is 2.26. The van der Waals surface area contributed by atoms with E-state index in [4.69, 9.17) is 0 Å². The van der Waals surface area contributed by atoms with E-state index in [1.54, 1.807) is 13.0 Å². The van der Waals surface area contributed by atoms with Gasteiger partial charge in [0.1, 0.15) is 11.7 Å². The van der Waals surface area contributed by atoms with Crippen LogP contribution in [0.5, 0.6) is 0 Å². The van der Waals surface area contributed by atoms with Crippen molar-refractivity contribution in [1.82, 2.24) is 14.8 Å². The number of aromatic nitrogens is 3. The van der Waals surface area contributed by atoms with Crippen molar-refractivity contribution >= 4 is 58.4 Å². The van der Waals surface area contributed by atoms with Gasteiger partial charge in [-0.3, -0.25) is 9.48 Å². The molecule has 12 heteroatoms. The number of amides is 1. The van der Waals surface area contributed by atoms with E-state index in [0.717, 1.165) is 17.6 Å². The second kappa shape index (κ2) is 7.48. The molecule has 0 aliphatic heterocycles. The first-order valence-corrected chi connectivity index (χ1v) is 11.4. The molecule has 28 heavy (non-hydrogen) atoms. The molecule has 2 heterocycles. The van der Waals surface area contributed by atoms with Crippen LogP contribution in [0.1, 0.15) is 30.8 Å². The summed E-state index contributed by atoms with van der Waals surface area (Å²) in [5, 5.41) is 6.73. The Hall–Kier alpha value is -1.92. The summed E-state index contributed by atoms with van der Waals surface area (Å²) >= 11 is 4.20. The number of hydrogen-bond acceptors (Lipinski definition) is 6. The van der Waals surface area contributed by atoms with Gasteiger partial charge in [-0.05, 0) is 48.0 Å². The second-order valence-corrected chi connectivity index (χ2v) is 9.96. The highest BCUT2D eigenvalue weighted by molar-refractivity contribution is 9.10. The van der Waals surface area contributed by atoms with Gasteiger partial charge in [0.05, 0.1) is 25.3 Å². The maximum Gasteiger partial charge on any atom is 0.283 e. The van der Waals surface area contributed by atoms with Crippen LogP contribution in [-0.4, -0.2) is 35.3 Å². The lowest BCUT2D eigenvalue weighted by Crippen LogP contribution is -2.25. The minimum Gasteiger partial charge on any atom is -0.300 e. The number of thiazole rings is 1. The number of hydrogen-bond donors (Lipinski definition) is 1. The first-order chi connectivity index (χ1) is 13.0. The Kier molecular flexibility index (Phi) is 5.56. The van der Waals surface area contributed by atoms with Crippen LogP contribution in [0.15, 0.2) is 27.6 Å². The average molecular weight is 493 g/mol. The number of anilines is 1. The SMILES string of the molecule is Cc1c(Br)c(C(F)F)nn1[C@H](C)C(=O)Nc1nc2ccc(S(C)(=O)=O)cc2s1. The third kappa shape index (κ3) is 3.94.